The lowest BCUT2D eigenvalue weighted by molar-refractivity contribution is 0.436. The lowest BCUT2D eigenvalue weighted by atomic mass is 10.1. The van der Waals surface area contributed by atoms with Crippen LogP contribution in [0.15, 0.2) is 42.5 Å². The van der Waals surface area contributed by atoms with E-state index >= 15 is 0 Å². The Morgan fingerprint density at radius 3 is 2.45 bits per heavy atom. The van der Waals surface area contributed by atoms with Gasteiger partial charge in [-0.1, -0.05) is 29.8 Å². The fourth-order valence-corrected chi connectivity index (χ4v) is 2.22. The molecule has 0 aliphatic heterocycles. The van der Waals surface area contributed by atoms with Crippen molar-refractivity contribution in [1.82, 2.24) is 5.32 Å². The third-order valence-corrected chi connectivity index (χ3v) is 3.51. The average molecular weight is 292 g/mol. The largest absolute Gasteiger partial charge is 0.508 e. The summed E-state index contributed by atoms with van der Waals surface area (Å²) in [5, 5.41) is 23.2. The minimum atomic E-state index is 0.0166. The van der Waals surface area contributed by atoms with Gasteiger partial charge in [-0.2, -0.15) is 0 Å². The van der Waals surface area contributed by atoms with Gasteiger partial charge in [-0.05, 0) is 43.7 Å². The topological polar surface area (TPSA) is 52.5 Å². The van der Waals surface area contributed by atoms with Crippen LogP contribution in [0.1, 0.15) is 24.1 Å². The van der Waals surface area contributed by atoms with Gasteiger partial charge in [-0.25, -0.2) is 0 Å². The normalized spacial score (nSPS) is 12.3. The first kappa shape index (κ1) is 14.7. The Morgan fingerprint density at radius 1 is 1.10 bits per heavy atom. The molecule has 2 aromatic carbocycles. The SMILES string of the molecule is CC(NCCc1ccc(Cl)cc1)c1ccc(O)cc1O. The maximum absolute atomic E-state index is 9.79. The number of nitrogens with one attached hydrogen (secondary N) is 1. The summed E-state index contributed by atoms with van der Waals surface area (Å²) >= 11 is 5.84. The van der Waals surface area contributed by atoms with E-state index in [-0.39, 0.29) is 17.5 Å². The second-order valence-electron chi connectivity index (χ2n) is 4.80. The average Bonchev–Trinajstić information content (AvgIpc) is 2.41. The van der Waals surface area contributed by atoms with Gasteiger partial charge in [0, 0.05) is 22.7 Å². The predicted octanol–water partition coefficient (Wildman–Crippen LogP) is 3.64. The summed E-state index contributed by atoms with van der Waals surface area (Å²) in [4.78, 5) is 0. The third kappa shape index (κ3) is 3.89. The van der Waals surface area contributed by atoms with E-state index in [1.165, 1.54) is 11.6 Å². The Kier molecular flexibility index (Phi) is 4.88. The lowest BCUT2D eigenvalue weighted by Crippen LogP contribution is -2.21. The summed E-state index contributed by atoms with van der Waals surface area (Å²) in [5.41, 5.74) is 1.99. The molecule has 3 nitrogen and oxygen atoms in total. The highest BCUT2D eigenvalue weighted by molar-refractivity contribution is 6.30. The van der Waals surface area contributed by atoms with Crippen molar-refractivity contribution in [3.63, 3.8) is 0 Å². The van der Waals surface area contributed by atoms with Crippen molar-refractivity contribution in [3.8, 4) is 11.5 Å². The monoisotopic (exact) mass is 291 g/mol. The highest BCUT2D eigenvalue weighted by Crippen LogP contribution is 2.27. The van der Waals surface area contributed by atoms with Crippen LogP contribution in [0.2, 0.25) is 5.02 Å². The van der Waals surface area contributed by atoms with Crippen LogP contribution in [0.3, 0.4) is 0 Å². The molecule has 106 valence electrons. The Hall–Kier alpha value is -1.71. The van der Waals surface area contributed by atoms with Crippen LogP contribution in [-0.2, 0) is 6.42 Å². The van der Waals surface area contributed by atoms with E-state index in [9.17, 15) is 10.2 Å². The highest BCUT2D eigenvalue weighted by atomic mass is 35.5. The van der Waals surface area contributed by atoms with Gasteiger partial charge in [-0.15, -0.1) is 0 Å². The van der Waals surface area contributed by atoms with Crippen LogP contribution in [0.25, 0.3) is 0 Å². The fraction of sp³-hybridized carbons (Fsp3) is 0.250. The van der Waals surface area contributed by atoms with E-state index in [0.29, 0.717) is 0 Å². The molecule has 0 aromatic heterocycles. The molecule has 0 bridgehead atoms. The van der Waals surface area contributed by atoms with Crippen LogP contribution >= 0.6 is 11.6 Å². The summed E-state index contributed by atoms with van der Waals surface area (Å²) in [7, 11) is 0. The second-order valence-corrected chi connectivity index (χ2v) is 5.23. The minimum Gasteiger partial charge on any atom is -0.508 e. The Bertz CT molecular complexity index is 569. The molecular formula is C16H18ClNO2. The van der Waals surface area contributed by atoms with Gasteiger partial charge < -0.3 is 15.5 Å². The molecule has 3 N–H and O–H groups in total. The van der Waals surface area contributed by atoms with Crippen LogP contribution in [0.5, 0.6) is 11.5 Å². The zero-order valence-electron chi connectivity index (χ0n) is 11.3. The molecule has 1 atom stereocenters. The predicted molar refractivity (Wildman–Crippen MR) is 81.3 cm³/mol. The lowest BCUT2D eigenvalue weighted by Gasteiger charge is -2.15. The number of phenolic OH excluding ortho intramolecular Hbond substituents is 2. The summed E-state index contributed by atoms with van der Waals surface area (Å²) in [6.07, 6.45) is 0.889. The van der Waals surface area contributed by atoms with E-state index in [4.69, 9.17) is 11.6 Å². The Morgan fingerprint density at radius 2 is 1.80 bits per heavy atom. The van der Waals surface area contributed by atoms with Crippen molar-refractivity contribution in [1.29, 1.82) is 0 Å². The molecule has 0 aliphatic rings. The van der Waals surface area contributed by atoms with E-state index < -0.39 is 0 Å². The summed E-state index contributed by atoms with van der Waals surface area (Å²) in [6, 6.07) is 12.4. The van der Waals surface area contributed by atoms with Crippen LogP contribution < -0.4 is 5.32 Å². The van der Waals surface area contributed by atoms with Gasteiger partial charge >= 0.3 is 0 Å². The van der Waals surface area contributed by atoms with E-state index in [2.05, 4.69) is 5.32 Å². The molecule has 2 aromatic rings. The Labute approximate surface area is 123 Å². The van der Waals surface area contributed by atoms with Crippen molar-refractivity contribution in [3.05, 3.63) is 58.6 Å². The van der Waals surface area contributed by atoms with Gasteiger partial charge in [0.05, 0.1) is 0 Å². The molecule has 1 unspecified atom stereocenters. The molecule has 0 fully saturated rings. The fourth-order valence-electron chi connectivity index (χ4n) is 2.09. The molecule has 0 saturated carbocycles. The van der Waals surface area contributed by atoms with Crippen molar-refractivity contribution < 1.29 is 10.2 Å². The van der Waals surface area contributed by atoms with Crippen molar-refractivity contribution in [2.24, 2.45) is 0 Å². The maximum Gasteiger partial charge on any atom is 0.124 e. The molecule has 0 saturated heterocycles. The summed E-state index contributed by atoms with van der Waals surface area (Å²) in [6.45, 7) is 2.77. The number of aromatic hydroxyl groups is 2. The van der Waals surface area contributed by atoms with Gasteiger partial charge in [-0.3, -0.25) is 0 Å². The van der Waals surface area contributed by atoms with Crippen molar-refractivity contribution in [2.45, 2.75) is 19.4 Å². The highest BCUT2D eigenvalue weighted by Gasteiger charge is 2.10. The van der Waals surface area contributed by atoms with Crippen LogP contribution in [0.4, 0.5) is 0 Å². The molecule has 0 heterocycles. The van der Waals surface area contributed by atoms with Crippen LogP contribution in [-0.4, -0.2) is 16.8 Å². The number of halogens is 1. The first-order valence-electron chi connectivity index (χ1n) is 6.56. The minimum absolute atomic E-state index is 0.0166. The smallest absolute Gasteiger partial charge is 0.124 e. The molecule has 2 rings (SSSR count). The molecule has 0 amide bonds. The quantitative estimate of drug-likeness (QED) is 0.788. The van der Waals surface area contributed by atoms with Crippen LogP contribution in [0, 0.1) is 0 Å². The standard InChI is InChI=1S/C16H18ClNO2/c1-11(15-7-6-14(19)10-16(15)20)18-9-8-12-2-4-13(17)5-3-12/h2-7,10-11,18-20H,8-9H2,1H3. The van der Waals surface area contributed by atoms with E-state index in [0.717, 1.165) is 23.6 Å². The van der Waals surface area contributed by atoms with Gasteiger partial charge in [0.15, 0.2) is 0 Å². The summed E-state index contributed by atoms with van der Waals surface area (Å²) < 4.78 is 0. The number of hydrogen-bond donors (Lipinski definition) is 3. The second kappa shape index (κ2) is 6.64. The number of phenols is 2. The van der Waals surface area contributed by atoms with Gasteiger partial charge in [0.2, 0.25) is 0 Å². The zero-order chi connectivity index (χ0) is 14.5. The molecule has 0 aliphatic carbocycles. The van der Waals surface area contributed by atoms with Crippen molar-refractivity contribution in [2.75, 3.05) is 6.54 Å². The third-order valence-electron chi connectivity index (χ3n) is 3.26. The van der Waals surface area contributed by atoms with E-state index in [1.54, 1.807) is 12.1 Å². The van der Waals surface area contributed by atoms with Crippen molar-refractivity contribution >= 4 is 11.6 Å². The molecule has 0 radical (unpaired) electrons. The zero-order valence-corrected chi connectivity index (χ0v) is 12.1. The number of benzene rings is 2. The molecule has 4 heteroatoms. The van der Waals surface area contributed by atoms with Gasteiger partial charge in [0.1, 0.15) is 11.5 Å². The van der Waals surface area contributed by atoms with E-state index in [1.807, 2.05) is 31.2 Å². The molecular weight excluding hydrogens is 274 g/mol. The summed E-state index contributed by atoms with van der Waals surface area (Å²) in [5.74, 6) is 0.177. The first-order valence-corrected chi connectivity index (χ1v) is 6.94. The molecule has 20 heavy (non-hydrogen) atoms. The molecule has 0 spiro atoms. The number of hydrogen-bond acceptors (Lipinski definition) is 3. The Balaban J connectivity index is 1.88. The maximum atomic E-state index is 9.79. The number of rotatable bonds is 5. The first-order chi connectivity index (χ1) is 9.56. The van der Waals surface area contributed by atoms with Gasteiger partial charge in [0.25, 0.3) is 0 Å².